The normalized spacial score (nSPS) is 14.5. The minimum Gasteiger partial charge on any atom is -0.378 e. The third-order valence-electron chi connectivity index (χ3n) is 1.35. The van der Waals surface area contributed by atoms with Crippen LogP contribution in [0.15, 0.2) is 30.3 Å². The summed E-state index contributed by atoms with van der Waals surface area (Å²) in [7, 11) is -2.86. The average Bonchev–Trinajstić information content (AvgIpc) is 2.05. The van der Waals surface area contributed by atoms with E-state index in [9.17, 15) is 4.57 Å². The van der Waals surface area contributed by atoms with Crippen LogP contribution < -0.4 is 0 Å². The Kier molecular flexibility index (Phi) is 5.18. The van der Waals surface area contributed by atoms with Crippen LogP contribution >= 0.6 is 20.4 Å². The summed E-state index contributed by atoms with van der Waals surface area (Å²) >= 11 is 0. The Morgan fingerprint density at radius 1 is 1.25 bits per heavy atom. The van der Waals surface area contributed by atoms with Gasteiger partial charge in [0.2, 0.25) is 8.03 Å². The van der Waals surface area contributed by atoms with Crippen LogP contribution in [0.4, 0.5) is 0 Å². The lowest BCUT2D eigenvalue weighted by Gasteiger charge is -2.04. The van der Waals surface area contributed by atoms with Gasteiger partial charge in [0.1, 0.15) is 0 Å². The Bertz CT molecular complexity index is 252. The number of halogens is 1. The molecule has 1 aromatic carbocycles. The second-order valence-corrected chi connectivity index (χ2v) is 3.37. The SMILES string of the molecule is Cl.O=[PH](O)C(O)c1ccccc1. The highest BCUT2D eigenvalue weighted by molar-refractivity contribution is 7.38. The second kappa shape index (κ2) is 5.33. The number of benzene rings is 1. The maximum atomic E-state index is 10.4. The molecule has 1 rings (SSSR count). The van der Waals surface area contributed by atoms with Gasteiger partial charge in [-0.2, -0.15) is 0 Å². The molecule has 2 atom stereocenters. The van der Waals surface area contributed by atoms with Gasteiger partial charge in [-0.3, -0.25) is 4.57 Å². The number of hydrogen-bond acceptors (Lipinski definition) is 2. The minimum absolute atomic E-state index is 0. The summed E-state index contributed by atoms with van der Waals surface area (Å²) in [5.74, 6) is -1.22. The van der Waals surface area contributed by atoms with Gasteiger partial charge in [-0.05, 0) is 5.56 Å². The van der Waals surface area contributed by atoms with Gasteiger partial charge in [0, 0.05) is 0 Å². The molecule has 12 heavy (non-hydrogen) atoms. The van der Waals surface area contributed by atoms with Crippen molar-refractivity contribution >= 4 is 20.4 Å². The van der Waals surface area contributed by atoms with Crippen molar-refractivity contribution in [3.8, 4) is 0 Å². The van der Waals surface area contributed by atoms with Crippen LogP contribution in [0, 0.1) is 0 Å². The van der Waals surface area contributed by atoms with Gasteiger partial charge in [0.15, 0.2) is 5.85 Å². The molecule has 0 aromatic heterocycles. The van der Waals surface area contributed by atoms with Crippen molar-refractivity contribution in [3.63, 3.8) is 0 Å². The van der Waals surface area contributed by atoms with Gasteiger partial charge in [-0.25, -0.2) is 0 Å². The zero-order valence-electron chi connectivity index (χ0n) is 6.18. The molecule has 2 unspecified atom stereocenters. The first-order valence-corrected chi connectivity index (χ1v) is 4.61. The van der Waals surface area contributed by atoms with E-state index in [4.69, 9.17) is 10.00 Å². The zero-order chi connectivity index (χ0) is 8.27. The largest absolute Gasteiger partial charge is 0.378 e. The molecule has 0 aliphatic rings. The van der Waals surface area contributed by atoms with E-state index in [2.05, 4.69) is 0 Å². The second-order valence-electron chi connectivity index (χ2n) is 2.15. The van der Waals surface area contributed by atoms with Crippen molar-refractivity contribution in [2.45, 2.75) is 5.85 Å². The molecule has 0 fully saturated rings. The predicted molar refractivity (Wildman–Crippen MR) is 49.9 cm³/mol. The number of hydrogen-bond donors (Lipinski definition) is 2. The summed E-state index contributed by atoms with van der Waals surface area (Å²) in [6.45, 7) is 0. The summed E-state index contributed by atoms with van der Waals surface area (Å²) in [4.78, 5) is 8.57. The van der Waals surface area contributed by atoms with E-state index >= 15 is 0 Å². The third-order valence-corrected chi connectivity index (χ3v) is 2.15. The molecule has 0 spiro atoms. The Labute approximate surface area is 77.3 Å². The van der Waals surface area contributed by atoms with Gasteiger partial charge in [-0.1, -0.05) is 30.3 Å². The molecular weight excluding hydrogens is 199 g/mol. The molecule has 3 nitrogen and oxygen atoms in total. The number of aliphatic hydroxyl groups excluding tert-OH is 1. The molecule has 0 saturated carbocycles. The molecular formula is C7H10ClO3P. The van der Waals surface area contributed by atoms with Gasteiger partial charge in [0.25, 0.3) is 0 Å². The quantitative estimate of drug-likeness (QED) is 0.726. The van der Waals surface area contributed by atoms with Gasteiger partial charge in [0.05, 0.1) is 0 Å². The van der Waals surface area contributed by atoms with E-state index in [1.54, 1.807) is 30.3 Å². The molecule has 2 N–H and O–H groups in total. The molecule has 0 aliphatic carbocycles. The fourth-order valence-corrected chi connectivity index (χ4v) is 1.26. The molecule has 0 saturated heterocycles. The zero-order valence-corrected chi connectivity index (χ0v) is 7.99. The smallest absolute Gasteiger partial charge is 0.221 e. The first-order chi connectivity index (χ1) is 5.22. The maximum Gasteiger partial charge on any atom is 0.221 e. The fraction of sp³-hybridized carbons (Fsp3) is 0.143. The van der Waals surface area contributed by atoms with Crippen molar-refractivity contribution in [1.29, 1.82) is 0 Å². The van der Waals surface area contributed by atoms with Crippen LogP contribution in [0.2, 0.25) is 0 Å². The first kappa shape index (κ1) is 11.7. The van der Waals surface area contributed by atoms with Crippen molar-refractivity contribution < 1.29 is 14.6 Å². The molecule has 0 aliphatic heterocycles. The summed E-state index contributed by atoms with van der Waals surface area (Å²) in [5, 5.41) is 9.08. The number of rotatable bonds is 2. The molecule has 5 heteroatoms. The molecule has 0 radical (unpaired) electrons. The lowest BCUT2D eigenvalue weighted by atomic mass is 10.2. The van der Waals surface area contributed by atoms with Gasteiger partial charge >= 0.3 is 0 Å². The molecule has 1 aromatic rings. The minimum atomic E-state index is -2.86. The monoisotopic (exact) mass is 208 g/mol. The van der Waals surface area contributed by atoms with E-state index in [0.29, 0.717) is 5.56 Å². The van der Waals surface area contributed by atoms with E-state index < -0.39 is 13.9 Å². The topological polar surface area (TPSA) is 57.5 Å². The Morgan fingerprint density at radius 3 is 2.17 bits per heavy atom. The summed E-state index contributed by atoms with van der Waals surface area (Å²) < 4.78 is 10.4. The van der Waals surface area contributed by atoms with E-state index in [-0.39, 0.29) is 12.4 Å². The van der Waals surface area contributed by atoms with Gasteiger partial charge < -0.3 is 10.00 Å². The lowest BCUT2D eigenvalue weighted by molar-refractivity contribution is 0.243. The summed E-state index contributed by atoms with van der Waals surface area (Å²) in [5.41, 5.74) is 0.485. The highest BCUT2D eigenvalue weighted by atomic mass is 35.5. The maximum absolute atomic E-state index is 10.4. The van der Waals surface area contributed by atoms with E-state index in [1.165, 1.54) is 0 Å². The van der Waals surface area contributed by atoms with Crippen LogP contribution in [0.1, 0.15) is 11.4 Å². The van der Waals surface area contributed by atoms with E-state index in [1.807, 2.05) is 0 Å². The standard InChI is InChI=1S/C7H9O3P.ClH/c8-7(11(9)10)6-4-2-1-3-5-6;/h1-5,7-8,11H,(H,9,10);1H. The first-order valence-electron chi connectivity index (χ1n) is 3.17. The predicted octanol–water partition coefficient (Wildman–Crippen LogP) is 1.57. The fourth-order valence-electron chi connectivity index (χ4n) is 0.778. The van der Waals surface area contributed by atoms with Crippen molar-refractivity contribution in [1.82, 2.24) is 0 Å². The van der Waals surface area contributed by atoms with Crippen LogP contribution in [-0.2, 0) is 4.57 Å². The molecule has 0 amide bonds. The molecule has 0 heterocycles. The van der Waals surface area contributed by atoms with Crippen molar-refractivity contribution in [3.05, 3.63) is 35.9 Å². The van der Waals surface area contributed by atoms with Crippen LogP contribution in [0.5, 0.6) is 0 Å². The average molecular weight is 209 g/mol. The summed E-state index contributed by atoms with van der Waals surface area (Å²) in [6.07, 6.45) is 0. The highest BCUT2D eigenvalue weighted by Gasteiger charge is 2.10. The van der Waals surface area contributed by atoms with Crippen molar-refractivity contribution in [2.24, 2.45) is 0 Å². The molecule has 0 bridgehead atoms. The van der Waals surface area contributed by atoms with Crippen molar-refractivity contribution in [2.75, 3.05) is 0 Å². The number of aliphatic hydroxyl groups is 1. The van der Waals surface area contributed by atoms with Crippen LogP contribution in [-0.4, -0.2) is 10.00 Å². The Balaban J connectivity index is 0.00000121. The Hall–Kier alpha value is -0.340. The highest BCUT2D eigenvalue weighted by Crippen LogP contribution is 2.34. The molecule has 68 valence electrons. The Morgan fingerprint density at radius 2 is 1.75 bits per heavy atom. The summed E-state index contributed by atoms with van der Waals surface area (Å²) in [6, 6.07) is 8.43. The third kappa shape index (κ3) is 2.95. The lowest BCUT2D eigenvalue weighted by Crippen LogP contribution is -1.89. The van der Waals surface area contributed by atoms with Crippen LogP contribution in [0.25, 0.3) is 0 Å². The van der Waals surface area contributed by atoms with E-state index in [0.717, 1.165) is 0 Å². The van der Waals surface area contributed by atoms with Crippen LogP contribution in [0.3, 0.4) is 0 Å². The van der Waals surface area contributed by atoms with Gasteiger partial charge in [-0.15, -0.1) is 12.4 Å².